The van der Waals surface area contributed by atoms with Crippen LogP contribution in [-0.2, 0) is 5.41 Å². The van der Waals surface area contributed by atoms with E-state index in [0.717, 1.165) is 46.6 Å². The molecule has 0 bridgehead atoms. The highest BCUT2D eigenvalue weighted by Crippen LogP contribution is 2.36. The summed E-state index contributed by atoms with van der Waals surface area (Å²) in [5, 5.41) is 9.59. The number of rotatable bonds is 8. The zero-order chi connectivity index (χ0) is 26.7. The van der Waals surface area contributed by atoms with Crippen molar-refractivity contribution in [2.75, 3.05) is 0 Å². The SMILES string of the molecule is CCCCC(C)(C)c1nnc(-c2cccc(Br)c2)n1-c1cc(-c2cccc(-c3ccccc3)c2)ccc1C. The van der Waals surface area contributed by atoms with Gasteiger partial charge in [-0.3, -0.25) is 4.57 Å². The van der Waals surface area contributed by atoms with Crippen molar-refractivity contribution in [1.29, 1.82) is 0 Å². The van der Waals surface area contributed by atoms with Crippen molar-refractivity contribution in [2.24, 2.45) is 0 Å². The number of nitrogens with zero attached hydrogens (tertiary/aromatic N) is 3. The van der Waals surface area contributed by atoms with Gasteiger partial charge in [0.1, 0.15) is 5.82 Å². The molecule has 0 aliphatic heterocycles. The maximum Gasteiger partial charge on any atom is 0.168 e. The highest BCUT2D eigenvalue weighted by Gasteiger charge is 2.30. The van der Waals surface area contributed by atoms with E-state index in [9.17, 15) is 0 Å². The summed E-state index contributed by atoms with van der Waals surface area (Å²) in [5.41, 5.74) is 8.03. The summed E-state index contributed by atoms with van der Waals surface area (Å²) in [6.07, 6.45) is 3.36. The van der Waals surface area contributed by atoms with Crippen molar-refractivity contribution in [3.05, 3.63) is 113 Å². The second kappa shape index (κ2) is 11.1. The van der Waals surface area contributed by atoms with E-state index in [4.69, 9.17) is 10.2 Å². The Labute approximate surface area is 234 Å². The first-order valence-electron chi connectivity index (χ1n) is 13.4. The van der Waals surface area contributed by atoms with Gasteiger partial charge in [0, 0.05) is 15.5 Å². The van der Waals surface area contributed by atoms with Gasteiger partial charge in [0.05, 0.1) is 5.69 Å². The second-order valence-corrected chi connectivity index (χ2v) is 11.5. The van der Waals surface area contributed by atoms with Crippen molar-refractivity contribution < 1.29 is 0 Å². The Bertz CT molecular complexity index is 1550. The predicted molar refractivity (Wildman–Crippen MR) is 163 cm³/mol. The van der Waals surface area contributed by atoms with Gasteiger partial charge >= 0.3 is 0 Å². The van der Waals surface area contributed by atoms with Crippen molar-refractivity contribution in [3.63, 3.8) is 0 Å². The summed E-state index contributed by atoms with van der Waals surface area (Å²) in [5.74, 6) is 1.86. The molecule has 0 fully saturated rings. The third kappa shape index (κ3) is 5.37. The normalized spacial score (nSPS) is 11.6. The van der Waals surface area contributed by atoms with Crippen molar-refractivity contribution in [3.8, 4) is 39.3 Å². The fraction of sp³-hybridized carbons (Fsp3) is 0.235. The van der Waals surface area contributed by atoms with Gasteiger partial charge in [-0.15, -0.1) is 10.2 Å². The van der Waals surface area contributed by atoms with Gasteiger partial charge in [0.2, 0.25) is 0 Å². The lowest BCUT2D eigenvalue weighted by Gasteiger charge is -2.26. The molecule has 38 heavy (non-hydrogen) atoms. The zero-order valence-electron chi connectivity index (χ0n) is 22.6. The van der Waals surface area contributed by atoms with Crippen molar-refractivity contribution in [2.45, 2.75) is 52.4 Å². The van der Waals surface area contributed by atoms with Crippen molar-refractivity contribution >= 4 is 15.9 Å². The minimum Gasteiger partial charge on any atom is -0.278 e. The van der Waals surface area contributed by atoms with Crippen LogP contribution in [0, 0.1) is 6.92 Å². The Balaban J connectivity index is 1.68. The van der Waals surface area contributed by atoms with Crippen molar-refractivity contribution in [1.82, 2.24) is 14.8 Å². The summed E-state index contributed by atoms with van der Waals surface area (Å²) in [4.78, 5) is 0. The number of halogens is 1. The highest BCUT2D eigenvalue weighted by molar-refractivity contribution is 9.10. The summed E-state index contributed by atoms with van der Waals surface area (Å²) in [6.45, 7) is 8.99. The molecule has 0 unspecified atom stereocenters. The monoisotopic (exact) mass is 563 g/mol. The first kappa shape index (κ1) is 26.1. The lowest BCUT2D eigenvalue weighted by Crippen LogP contribution is -2.23. The number of unbranched alkanes of at least 4 members (excludes halogenated alkanes) is 1. The molecule has 1 aromatic heterocycles. The average molecular weight is 565 g/mol. The molecule has 0 radical (unpaired) electrons. The molecule has 0 spiro atoms. The van der Waals surface area contributed by atoms with Crippen LogP contribution in [0.4, 0.5) is 0 Å². The molecule has 0 saturated carbocycles. The molecule has 5 aromatic rings. The summed E-state index contributed by atoms with van der Waals surface area (Å²) >= 11 is 3.65. The topological polar surface area (TPSA) is 30.7 Å². The van der Waals surface area contributed by atoms with E-state index < -0.39 is 0 Å². The van der Waals surface area contributed by atoms with Crippen LogP contribution in [-0.4, -0.2) is 14.8 Å². The van der Waals surface area contributed by atoms with E-state index >= 15 is 0 Å². The quantitative estimate of drug-likeness (QED) is 0.188. The van der Waals surface area contributed by atoms with Gasteiger partial charge in [0.15, 0.2) is 5.82 Å². The maximum atomic E-state index is 4.82. The van der Waals surface area contributed by atoms with E-state index in [1.165, 1.54) is 27.8 Å². The standard InChI is InChI=1S/C34H34BrN3/c1-5-6-20-34(3,4)33-37-36-32(29-16-11-17-30(35)22-29)38(33)31-23-28(19-18-24(31)2)27-15-10-14-26(21-27)25-12-8-7-9-13-25/h7-19,21-23H,5-6,20H2,1-4H3. The fourth-order valence-electron chi connectivity index (χ4n) is 5.03. The molecule has 0 saturated heterocycles. The van der Waals surface area contributed by atoms with Crippen LogP contribution in [0.5, 0.6) is 0 Å². The minimum atomic E-state index is -0.122. The van der Waals surface area contributed by atoms with Gasteiger partial charge < -0.3 is 0 Å². The number of aromatic nitrogens is 3. The Kier molecular flexibility index (Phi) is 7.62. The number of benzene rings is 4. The first-order chi connectivity index (χ1) is 18.4. The third-order valence-electron chi connectivity index (χ3n) is 7.26. The largest absolute Gasteiger partial charge is 0.278 e. The maximum absolute atomic E-state index is 4.82. The molecule has 4 heteroatoms. The van der Waals surface area contributed by atoms with Gasteiger partial charge in [-0.1, -0.05) is 122 Å². The Morgan fingerprint density at radius 3 is 2.11 bits per heavy atom. The molecule has 0 aliphatic carbocycles. The van der Waals surface area contributed by atoms with Crippen LogP contribution in [0.25, 0.3) is 39.3 Å². The van der Waals surface area contributed by atoms with Crippen LogP contribution >= 0.6 is 15.9 Å². The molecule has 5 rings (SSSR count). The van der Waals surface area contributed by atoms with Gasteiger partial charge in [-0.2, -0.15) is 0 Å². The van der Waals surface area contributed by atoms with Crippen LogP contribution in [0.3, 0.4) is 0 Å². The molecule has 1 heterocycles. The molecule has 3 nitrogen and oxygen atoms in total. The lowest BCUT2D eigenvalue weighted by molar-refractivity contribution is 0.425. The Morgan fingerprint density at radius 1 is 0.711 bits per heavy atom. The molecule has 0 amide bonds. The van der Waals surface area contributed by atoms with E-state index in [-0.39, 0.29) is 5.41 Å². The lowest BCUT2D eigenvalue weighted by atomic mass is 9.86. The molecule has 0 N–H and O–H groups in total. The predicted octanol–water partition coefficient (Wildman–Crippen LogP) is 9.81. The Hall–Kier alpha value is -3.50. The van der Waals surface area contributed by atoms with Crippen LogP contribution < -0.4 is 0 Å². The van der Waals surface area contributed by atoms with Crippen LogP contribution in [0.2, 0.25) is 0 Å². The number of aryl methyl sites for hydroxylation is 1. The van der Waals surface area contributed by atoms with E-state index in [0.29, 0.717) is 0 Å². The number of hydrogen-bond donors (Lipinski definition) is 0. The van der Waals surface area contributed by atoms with Crippen LogP contribution in [0.15, 0.2) is 102 Å². The van der Waals surface area contributed by atoms with Crippen LogP contribution in [0.1, 0.15) is 51.4 Å². The van der Waals surface area contributed by atoms with Gasteiger partial charge in [0.25, 0.3) is 0 Å². The third-order valence-corrected chi connectivity index (χ3v) is 7.75. The summed E-state index contributed by atoms with van der Waals surface area (Å²) in [6, 6.07) is 34.4. The zero-order valence-corrected chi connectivity index (χ0v) is 24.2. The molecule has 4 aromatic carbocycles. The van der Waals surface area contributed by atoms with Gasteiger partial charge in [-0.25, -0.2) is 0 Å². The average Bonchev–Trinajstić information content (AvgIpc) is 3.39. The molecule has 0 atom stereocenters. The van der Waals surface area contributed by atoms with E-state index in [1.807, 2.05) is 6.07 Å². The van der Waals surface area contributed by atoms with E-state index in [2.05, 4.69) is 139 Å². The molecular formula is C34H34BrN3. The van der Waals surface area contributed by atoms with E-state index in [1.54, 1.807) is 0 Å². The summed E-state index contributed by atoms with van der Waals surface area (Å²) < 4.78 is 3.32. The van der Waals surface area contributed by atoms with Gasteiger partial charge in [-0.05, 0) is 65.4 Å². The summed E-state index contributed by atoms with van der Waals surface area (Å²) in [7, 11) is 0. The molecular weight excluding hydrogens is 530 g/mol. The highest BCUT2D eigenvalue weighted by atomic mass is 79.9. The second-order valence-electron chi connectivity index (χ2n) is 10.6. The smallest absolute Gasteiger partial charge is 0.168 e. The Morgan fingerprint density at radius 2 is 1.37 bits per heavy atom. The minimum absolute atomic E-state index is 0.122. The number of hydrogen-bond acceptors (Lipinski definition) is 2. The fourth-order valence-corrected chi connectivity index (χ4v) is 5.43. The molecule has 192 valence electrons. The molecule has 0 aliphatic rings. The first-order valence-corrected chi connectivity index (χ1v) is 14.2.